The molecular weight excluding hydrogens is 260 g/mol. The highest BCUT2D eigenvalue weighted by Crippen LogP contribution is 2.32. The maximum absolute atomic E-state index is 4.98. The van der Waals surface area contributed by atoms with Crippen LogP contribution in [0.25, 0.3) is 0 Å². The first-order valence-electron chi connectivity index (χ1n) is 7.23. The second-order valence-electron chi connectivity index (χ2n) is 5.51. The second-order valence-corrected chi connectivity index (χ2v) is 7.62. The van der Waals surface area contributed by atoms with Crippen LogP contribution in [0.1, 0.15) is 52.4 Å². The van der Waals surface area contributed by atoms with Crippen LogP contribution >= 0.6 is 23.5 Å². The van der Waals surface area contributed by atoms with E-state index in [-0.39, 0.29) is 0 Å². The van der Waals surface area contributed by atoms with Crippen LogP contribution in [0.3, 0.4) is 0 Å². The van der Waals surface area contributed by atoms with Crippen molar-refractivity contribution in [2.75, 3.05) is 12.0 Å². The fraction of sp³-hybridized carbons (Fsp3) is 0.929. The van der Waals surface area contributed by atoms with E-state index in [0.29, 0.717) is 11.6 Å². The largest absolute Gasteiger partial charge is 0.359 e. The summed E-state index contributed by atoms with van der Waals surface area (Å²) in [5, 5.41) is 5.74. The maximum Gasteiger partial charge on any atom is 0.157 e. The lowest BCUT2D eigenvalue weighted by Gasteiger charge is -2.27. The van der Waals surface area contributed by atoms with Crippen molar-refractivity contribution in [3.8, 4) is 0 Å². The molecule has 2 aliphatic rings. The molecule has 0 bridgehead atoms. The van der Waals surface area contributed by atoms with E-state index in [1.54, 1.807) is 0 Å². The predicted octanol–water partition coefficient (Wildman–Crippen LogP) is 3.91. The molecule has 2 nitrogen and oxygen atoms in total. The minimum atomic E-state index is 0.317. The fourth-order valence-corrected chi connectivity index (χ4v) is 5.05. The van der Waals surface area contributed by atoms with Crippen LogP contribution in [0, 0.1) is 0 Å². The van der Waals surface area contributed by atoms with Gasteiger partial charge in [0.25, 0.3) is 0 Å². The average molecular weight is 287 g/mol. The van der Waals surface area contributed by atoms with E-state index >= 15 is 0 Å². The third-order valence-electron chi connectivity index (χ3n) is 4.44. The Morgan fingerprint density at radius 1 is 1.39 bits per heavy atom. The molecule has 0 spiro atoms. The van der Waals surface area contributed by atoms with Crippen molar-refractivity contribution in [3.05, 3.63) is 0 Å². The molecule has 0 aromatic heterocycles. The molecule has 0 radical (unpaired) electrons. The zero-order valence-electron chi connectivity index (χ0n) is 11.9. The Morgan fingerprint density at radius 2 is 2.17 bits per heavy atom. The molecule has 2 atom stereocenters. The lowest BCUT2D eigenvalue weighted by molar-refractivity contribution is 0.404. The summed E-state index contributed by atoms with van der Waals surface area (Å²) in [7, 11) is 0. The van der Waals surface area contributed by atoms with Gasteiger partial charge in [0.1, 0.15) is 0 Å². The molecule has 18 heavy (non-hydrogen) atoms. The third kappa shape index (κ3) is 3.38. The summed E-state index contributed by atoms with van der Waals surface area (Å²) in [5.41, 5.74) is 0.317. The molecule has 2 unspecified atom stereocenters. The average Bonchev–Trinajstić information content (AvgIpc) is 2.83. The van der Waals surface area contributed by atoms with Crippen LogP contribution in [0.5, 0.6) is 0 Å². The Labute approximate surface area is 120 Å². The summed E-state index contributed by atoms with van der Waals surface area (Å²) in [4.78, 5) is 4.98. The first-order chi connectivity index (χ1) is 8.71. The summed E-state index contributed by atoms with van der Waals surface area (Å²) in [5.74, 6) is 1.19. The Bertz CT molecular complexity index is 300. The van der Waals surface area contributed by atoms with Gasteiger partial charge in [0, 0.05) is 16.5 Å². The number of nitrogens with one attached hydrogen (secondary N) is 1. The monoisotopic (exact) mass is 286 g/mol. The second kappa shape index (κ2) is 6.56. The highest BCUT2D eigenvalue weighted by atomic mass is 32.2. The van der Waals surface area contributed by atoms with E-state index in [0.717, 1.165) is 5.25 Å². The normalized spacial score (nSPS) is 33.6. The minimum Gasteiger partial charge on any atom is -0.359 e. The number of hydrogen-bond acceptors (Lipinski definition) is 3. The quantitative estimate of drug-likeness (QED) is 0.848. The molecule has 0 amide bonds. The molecule has 1 saturated heterocycles. The first kappa shape index (κ1) is 14.6. The predicted molar refractivity (Wildman–Crippen MR) is 85.9 cm³/mol. The topological polar surface area (TPSA) is 24.4 Å². The van der Waals surface area contributed by atoms with Crippen LogP contribution in [0.2, 0.25) is 0 Å². The van der Waals surface area contributed by atoms with Gasteiger partial charge in [0.2, 0.25) is 0 Å². The number of hydrogen-bond donors (Lipinski definition) is 1. The SMILES string of the molecule is CCC1(CC)CSC(=NC2CCCC(SC)C2)N1. The van der Waals surface area contributed by atoms with E-state index in [2.05, 4.69) is 25.4 Å². The molecule has 1 N–H and O–H groups in total. The van der Waals surface area contributed by atoms with Crippen LogP contribution in [-0.2, 0) is 0 Å². The lowest BCUT2D eigenvalue weighted by atomic mass is 9.95. The Balaban J connectivity index is 1.94. The van der Waals surface area contributed by atoms with E-state index in [1.807, 2.05) is 23.5 Å². The number of thioether (sulfide) groups is 2. The van der Waals surface area contributed by atoms with Crippen LogP contribution in [0.15, 0.2) is 4.99 Å². The van der Waals surface area contributed by atoms with E-state index in [9.17, 15) is 0 Å². The van der Waals surface area contributed by atoms with Crippen LogP contribution in [0.4, 0.5) is 0 Å². The molecule has 4 heteroatoms. The van der Waals surface area contributed by atoms with Gasteiger partial charge < -0.3 is 5.32 Å². The third-order valence-corrected chi connectivity index (χ3v) is 6.72. The highest BCUT2D eigenvalue weighted by Gasteiger charge is 2.34. The minimum absolute atomic E-state index is 0.317. The number of amidine groups is 1. The van der Waals surface area contributed by atoms with Gasteiger partial charge in [-0.1, -0.05) is 32.0 Å². The molecule has 2 fully saturated rings. The van der Waals surface area contributed by atoms with Crippen molar-refractivity contribution >= 4 is 28.7 Å². The molecule has 1 aliphatic heterocycles. The Kier molecular flexibility index (Phi) is 5.31. The number of rotatable bonds is 4. The van der Waals surface area contributed by atoms with Crippen molar-refractivity contribution in [1.82, 2.24) is 5.32 Å². The van der Waals surface area contributed by atoms with Crippen LogP contribution in [-0.4, -0.2) is 34.0 Å². The zero-order chi connectivity index (χ0) is 13.0. The summed E-state index contributed by atoms with van der Waals surface area (Å²) in [6.07, 6.45) is 9.94. The molecule has 1 saturated carbocycles. The maximum atomic E-state index is 4.98. The lowest BCUT2D eigenvalue weighted by Crippen LogP contribution is -2.42. The first-order valence-corrected chi connectivity index (χ1v) is 9.50. The molecule has 1 aliphatic carbocycles. The smallest absolute Gasteiger partial charge is 0.157 e. The van der Waals surface area contributed by atoms with Crippen LogP contribution < -0.4 is 5.32 Å². The molecule has 2 rings (SSSR count). The Morgan fingerprint density at radius 3 is 2.78 bits per heavy atom. The van der Waals surface area contributed by atoms with Crippen molar-refractivity contribution in [2.45, 2.75) is 69.2 Å². The van der Waals surface area contributed by atoms with Gasteiger partial charge in [0.15, 0.2) is 5.17 Å². The Hall–Kier alpha value is 0.170. The number of nitrogens with zero attached hydrogens (tertiary/aromatic N) is 1. The van der Waals surface area contributed by atoms with E-state index in [4.69, 9.17) is 4.99 Å². The molecule has 0 aromatic carbocycles. The van der Waals surface area contributed by atoms with Gasteiger partial charge in [-0.25, -0.2) is 0 Å². The standard InChI is InChI=1S/C14H26N2S2/c1-4-14(5-2)10-18-13(16-14)15-11-7-6-8-12(9-11)17-3/h11-12H,4-10H2,1-3H3,(H,15,16). The highest BCUT2D eigenvalue weighted by molar-refractivity contribution is 8.14. The molecular formula is C14H26N2S2. The van der Waals surface area contributed by atoms with Gasteiger partial charge >= 0.3 is 0 Å². The van der Waals surface area contributed by atoms with Gasteiger partial charge in [-0.3, -0.25) is 4.99 Å². The van der Waals surface area contributed by atoms with Crippen molar-refractivity contribution in [3.63, 3.8) is 0 Å². The summed E-state index contributed by atoms with van der Waals surface area (Å²) < 4.78 is 0. The summed E-state index contributed by atoms with van der Waals surface area (Å²) in [6.45, 7) is 4.56. The van der Waals surface area contributed by atoms with E-state index < -0.39 is 0 Å². The van der Waals surface area contributed by atoms with Gasteiger partial charge in [-0.2, -0.15) is 11.8 Å². The number of aliphatic imine (C=N–C) groups is 1. The summed E-state index contributed by atoms with van der Waals surface area (Å²) >= 11 is 3.95. The fourth-order valence-electron chi connectivity index (χ4n) is 2.82. The van der Waals surface area contributed by atoms with Gasteiger partial charge in [-0.05, 0) is 38.4 Å². The van der Waals surface area contributed by atoms with Crippen molar-refractivity contribution < 1.29 is 0 Å². The molecule has 0 aromatic rings. The van der Waals surface area contributed by atoms with Gasteiger partial charge in [-0.15, -0.1) is 0 Å². The van der Waals surface area contributed by atoms with Crippen molar-refractivity contribution in [2.24, 2.45) is 4.99 Å². The molecule has 104 valence electrons. The van der Waals surface area contributed by atoms with E-state index in [1.165, 1.54) is 49.4 Å². The zero-order valence-corrected chi connectivity index (χ0v) is 13.5. The molecule has 1 heterocycles. The van der Waals surface area contributed by atoms with Crippen molar-refractivity contribution in [1.29, 1.82) is 0 Å². The van der Waals surface area contributed by atoms with Gasteiger partial charge in [0.05, 0.1) is 6.04 Å². The summed E-state index contributed by atoms with van der Waals surface area (Å²) in [6, 6.07) is 0.565.